The van der Waals surface area contributed by atoms with Gasteiger partial charge >= 0.3 is 19.5 Å². The number of aliphatic hydroxyl groups is 1. The first kappa shape index (κ1) is 32.8. The first-order valence-electron chi connectivity index (χ1n) is 13.2. The molecule has 0 amide bonds. The van der Waals surface area contributed by atoms with E-state index in [-0.39, 0.29) is 11.9 Å². The summed E-state index contributed by atoms with van der Waals surface area (Å²) >= 11 is 1.78. The molecule has 0 rings (SSSR count). The Morgan fingerprint density at radius 2 is 1.39 bits per heavy atom. The largest absolute Gasteiger partial charge is 0.589 e. The minimum absolute atomic E-state index is 0.0385. The van der Waals surface area contributed by atoms with E-state index in [4.69, 9.17) is 9.26 Å². The molecule has 4 unspecified atom stereocenters. The maximum absolute atomic E-state index is 12.3. The number of hydrogen-bond donors (Lipinski definition) is 2. The molecule has 0 radical (unpaired) electrons. The van der Waals surface area contributed by atoms with E-state index in [0.29, 0.717) is 6.42 Å². The molecule has 0 aromatic heterocycles. The summed E-state index contributed by atoms with van der Waals surface area (Å²) in [6.45, 7) is 8.12. The highest BCUT2D eigenvalue weighted by Crippen LogP contribution is 2.42. The maximum Gasteiger partial charge on any atom is 0.589 e. The molecule has 0 fully saturated rings. The fourth-order valence-corrected chi connectivity index (χ4v) is 5.91. The number of carbonyl (C=O) groups is 1. The first-order valence-corrected chi connectivity index (χ1v) is 15.4. The SMILES string of the molecule is CCCCCCCCCCSC(CCCCCCC)C(C)OC(O)(C(=O)O)[P+](=O)OCCC. The first-order chi connectivity index (χ1) is 15.8. The number of ether oxygens (including phenoxy) is 1. The Labute approximate surface area is 207 Å². The number of rotatable bonds is 24. The number of aliphatic carboxylic acids is 1. The van der Waals surface area contributed by atoms with Crippen LogP contribution in [-0.4, -0.2) is 45.4 Å². The summed E-state index contributed by atoms with van der Waals surface area (Å²) < 4.78 is 22.9. The lowest BCUT2D eigenvalue weighted by molar-refractivity contribution is -0.203. The van der Waals surface area contributed by atoms with Crippen molar-refractivity contribution >= 4 is 25.8 Å². The molecule has 0 bridgehead atoms. The van der Waals surface area contributed by atoms with E-state index in [1.54, 1.807) is 18.7 Å². The number of carboxylic acid groups (broad SMARTS) is 1. The normalized spacial score (nSPS) is 15.7. The molecule has 0 saturated heterocycles. The van der Waals surface area contributed by atoms with Crippen molar-refractivity contribution in [2.75, 3.05) is 12.4 Å². The van der Waals surface area contributed by atoms with Crippen molar-refractivity contribution < 1.29 is 28.8 Å². The zero-order valence-electron chi connectivity index (χ0n) is 21.6. The second-order valence-electron chi connectivity index (χ2n) is 8.91. The van der Waals surface area contributed by atoms with Gasteiger partial charge in [-0.3, -0.25) is 4.74 Å². The summed E-state index contributed by atoms with van der Waals surface area (Å²) in [7, 11) is -2.90. The van der Waals surface area contributed by atoms with E-state index in [0.717, 1.165) is 31.4 Å². The van der Waals surface area contributed by atoms with E-state index in [1.165, 1.54) is 64.2 Å². The van der Waals surface area contributed by atoms with Gasteiger partial charge in [0.1, 0.15) is 6.61 Å². The second-order valence-corrected chi connectivity index (χ2v) is 11.6. The minimum atomic E-state index is -2.90. The van der Waals surface area contributed by atoms with Crippen LogP contribution in [-0.2, 0) is 18.6 Å². The number of carboxylic acids is 1. The van der Waals surface area contributed by atoms with Crippen LogP contribution >= 0.6 is 19.8 Å². The van der Waals surface area contributed by atoms with Gasteiger partial charge in [0.25, 0.3) is 0 Å². The quantitative estimate of drug-likeness (QED) is 0.0776. The van der Waals surface area contributed by atoms with E-state index < -0.39 is 25.6 Å². The smallest absolute Gasteiger partial charge is 0.474 e. The predicted molar refractivity (Wildman–Crippen MR) is 139 cm³/mol. The Bertz CT molecular complexity index is 507. The molecule has 0 aliphatic carbocycles. The lowest BCUT2D eigenvalue weighted by Crippen LogP contribution is -2.43. The van der Waals surface area contributed by atoms with Gasteiger partial charge < -0.3 is 10.2 Å². The van der Waals surface area contributed by atoms with Gasteiger partial charge in [-0.25, -0.2) is 4.79 Å². The molecule has 0 aliphatic rings. The number of hydrogen-bond acceptors (Lipinski definition) is 6. The molecule has 0 spiro atoms. The molecule has 0 aromatic rings. The highest BCUT2D eigenvalue weighted by atomic mass is 32.2. The fraction of sp³-hybridized carbons (Fsp3) is 0.960. The van der Waals surface area contributed by atoms with Crippen LogP contribution in [0, 0.1) is 0 Å². The average Bonchev–Trinajstić information content (AvgIpc) is 2.79. The van der Waals surface area contributed by atoms with Gasteiger partial charge in [0.15, 0.2) is 0 Å². The maximum atomic E-state index is 12.3. The second kappa shape index (κ2) is 21.1. The average molecular weight is 510 g/mol. The molecule has 2 N–H and O–H groups in total. The third-order valence-electron chi connectivity index (χ3n) is 5.73. The molecular weight excluding hydrogens is 459 g/mol. The summed E-state index contributed by atoms with van der Waals surface area (Å²) in [5.41, 5.74) is -2.82. The Balaban J connectivity index is 4.76. The molecule has 0 saturated carbocycles. The van der Waals surface area contributed by atoms with Gasteiger partial charge in [-0.05, 0) is 36.5 Å². The number of thioether (sulfide) groups is 1. The van der Waals surface area contributed by atoms with Crippen molar-refractivity contribution in [1.29, 1.82) is 0 Å². The Kier molecular flexibility index (Phi) is 21.0. The third kappa shape index (κ3) is 15.4. The van der Waals surface area contributed by atoms with Crippen LogP contribution in [0.1, 0.15) is 124 Å². The molecular formula is C25H50O6PS+. The predicted octanol–water partition coefficient (Wildman–Crippen LogP) is 7.89. The Morgan fingerprint density at radius 3 is 1.91 bits per heavy atom. The van der Waals surface area contributed by atoms with Gasteiger partial charge in [-0.2, -0.15) is 11.8 Å². The molecule has 196 valence electrons. The summed E-state index contributed by atoms with van der Waals surface area (Å²) in [4.78, 5) is 11.7. The van der Waals surface area contributed by atoms with Crippen LogP contribution in [0.15, 0.2) is 0 Å². The molecule has 8 heteroatoms. The van der Waals surface area contributed by atoms with Crippen LogP contribution in [0.25, 0.3) is 0 Å². The summed E-state index contributed by atoms with van der Waals surface area (Å²) in [6.07, 6.45) is 16.8. The number of unbranched alkanes of at least 4 members (excludes halogenated alkanes) is 11. The summed E-state index contributed by atoms with van der Waals surface area (Å²) in [5.74, 6) is -0.687. The molecule has 4 atom stereocenters. The van der Waals surface area contributed by atoms with Gasteiger partial charge in [-0.1, -0.05) is 97.8 Å². The van der Waals surface area contributed by atoms with E-state index >= 15 is 0 Å². The van der Waals surface area contributed by atoms with Crippen LogP contribution < -0.4 is 0 Å². The van der Waals surface area contributed by atoms with Crippen molar-refractivity contribution in [3.63, 3.8) is 0 Å². The zero-order chi connectivity index (χ0) is 25.0. The summed E-state index contributed by atoms with van der Waals surface area (Å²) in [5, 5.41) is 20.1. The lowest BCUT2D eigenvalue weighted by Gasteiger charge is -2.26. The standard InChI is InChI=1S/C25H49O6PS/c1-5-8-10-12-13-14-16-18-21-33-23(19-17-15-11-9-6-2)22(4)31-25(28,24(26)27)32(29)30-20-7-3/h22-23,28H,5-21H2,1-4H3/p+1. The van der Waals surface area contributed by atoms with E-state index in [2.05, 4.69) is 13.8 Å². The summed E-state index contributed by atoms with van der Waals surface area (Å²) in [6, 6.07) is 0. The topological polar surface area (TPSA) is 93.1 Å². The van der Waals surface area contributed by atoms with E-state index in [1.807, 2.05) is 6.92 Å². The molecule has 33 heavy (non-hydrogen) atoms. The van der Waals surface area contributed by atoms with Crippen molar-refractivity contribution in [3.05, 3.63) is 0 Å². The minimum Gasteiger partial charge on any atom is -0.474 e. The zero-order valence-corrected chi connectivity index (χ0v) is 23.3. The van der Waals surface area contributed by atoms with Crippen molar-refractivity contribution in [1.82, 2.24) is 0 Å². The van der Waals surface area contributed by atoms with Crippen LogP contribution in [0.5, 0.6) is 0 Å². The highest BCUT2D eigenvalue weighted by molar-refractivity contribution is 7.99. The van der Waals surface area contributed by atoms with Crippen LogP contribution in [0.3, 0.4) is 0 Å². The highest BCUT2D eigenvalue weighted by Gasteiger charge is 2.61. The lowest BCUT2D eigenvalue weighted by atomic mass is 10.1. The molecule has 0 aliphatic heterocycles. The van der Waals surface area contributed by atoms with Crippen LogP contribution in [0.2, 0.25) is 0 Å². The van der Waals surface area contributed by atoms with Gasteiger partial charge in [0.2, 0.25) is 0 Å². The molecule has 6 nitrogen and oxygen atoms in total. The third-order valence-corrected chi connectivity index (χ3v) is 8.51. The molecule has 0 heterocycles. The Morgan fingerprint density at radius 1 is 0.879 bits per heavy atom. The van der Waals surface area contributed by atoms with Crippen molar-refractivity contribution in [2.45, 2.75) is 141 Å². The fourth-order valence-electron chi connectivity index (χ4n) is 3.64. The van der Waals surface area contributed by atoms with Gasteiger partial charge in [0.05, 0.1) is 6.10 Å². The van der Waals surface area contributed by atoms with Gasteiger partial charge in [0, 0.05) is 5.25 Å². The monoisotopic (exact) mass is 509 g/mol. The van der Waals surface area contributed by atoms with Crippen LogP contribution in [0.4, 0.5) is 0 Å². The van der Waals surface area contributed by atoms with Crippen molar-refractivity contribution in [3.8, 4) is 0 Å². The Hall–Kier alpha value is -0.200. The van der Waals surface area contributed by atoms with Crippen molar-refractivity contribution in [2.24, 2.45) is 0 Å². The van der Waals surface area contributed by atoms with Gasteiger partial charge in [-0.15, -0.1) is 4.52 Å². The van der Waals surface area contributed by atoms with E-state index in [9.17, 15) is 19.6 Å². The molecule has 0 aromatic carbocycles.